The summed E-state index contributed by atoms with van der Waals surface area (Å²) in [5.74, 6) is 0.387. The van der Waals surface area contributed by atoms with E-state index in [4.69, 9.17) is 9.97 Å². The predicted octanol–water partition coefficient (Wildman–Crippen LogP) is 8.62. The van der Waals surface area contributed by atoms with Gasteiger partial charge in [-0.15, -0.1) is 0 Å². The van der Waals surface area contributed by atoms with E-state index in [1.807, 2.05) is 161 Å². The van der Waals surface area contributed by atoms with Crippen molar-refractivity contribution in [2.75, 3.05) is 9.34 Å². The molecule has 0 radical (unpaired) electrons. The topological polar surface area (TPSA) is 49.3 Å². The van der Waals surface area contributed by atoms with Crippen molar-refractivity contribution in [3.05, 3.63) is 152 Å². The van der Waals surface area contributed by atoms with Gasteiger partial charge in [0.1, 0.15) is 0 Å². The Morgan fingerprint density at radius 3 is 1.43 bits per heavy atom. The van der Waals surface area contributed by atoms with E-state index in [0.717, 1.165) is 39.6 Å². The Hall–Kier alpha value is -4.99. The smallest absolute Gasteiger partial charge is 0.270 e. The summed E-state index contributed by atoms with van der Waals surface area (Å²) in [5.41, 5.74) is 5.93. The molecule has 0 saturated heterocycles. The predicted molar refractivity (Wildman–Crippen MR) is 164 cm³/mol. The lowest BCUT2D eigenvalue weighted by Crippen LogP contribution is -2.27. The Bertz CT molecular complexity index is 1770. The largest absolute Gasteiger partial charge is 0.304 e. The summed E-state index contributed by atoms with van der Waals surface area (Å²) in [4.78, 5) is 10.2. The molecule has 1 unspecified atom stereocenters. The molecule has 1 atom stereocenters. The van der Waals surface area contributed by atoms with E-state index in [1.165, 1.54) is 0 Å². The molecule has 1 aromatic heterocycles. The lowest BCUT2D eigenvalue weighted by atomic mass is 10.1. The molecule has 7 rings (SSSR count). The van der Waals surface area contributed by atoms with Crippen LogP contribution in [-0.4, -0.2) is 9.97 Å². The SMILES string of the molecule is O=P1(c2ccccc2)N(c2ccccc2)c2ccccc2N1c1nc(-c2ccccc2)cc(-c2ccccc2)n1. The third kappa shape index (κ3) is 4.00. The number of hydrogen-bond acceptors (Lipinski definition) is 3. The molecule has 0 amide bonds. The first-order valence-electron chi connectivity index (χ1n) is 13.1. The van der Waals surface area contributed by atoms with E-state index in [2.05, 4.69) is 0 Å². The van der Waals surface area contributed by atoms with Gasteiger partial charge in [0.2, 0.25) is 5.95 Å². The summed E-state index contributed by atoms with van der Waals surface area (Å²) >= 11 is 0. The van der Waals surface area contributed by atoms with Gasteiger partial charge in [-0.25, -0.2) is 14.6 Å². The summed E-state index contributed by atoms with van der Waals surface area (Å²) in [6.07, 6.45) is 0. The maximum Gasteiger partial charge on any atom is 0.304 e. The van der Waals surface area contributed by atoms with E-state index in [-0.39, 0.29) is 0 Å². The first kappa shape index (κ1) is 24.1. The van der Waals surface area contributed by atoms with Gasteiger partial charge in [0.05, 0.1) is 28.1 Å². The molecule has 6 aromatic rings. The van der Waals surface area contributed by atoms with Gasteiger partial charge in [-0.3, -0.25) is 9.24 Å². The molecule has 1 aliphatic heterocycles. The number of fused-ring (bicyclic) bond motifs is 1. The summed E-state index contributed by atoms with van der Waals surface area (Å²) < 4.78 is 19.6. The van der Waals surface area contributed by atoms with Crippen LogP contribution in [0.5, 0.6) is 0 Å². The molecule has 5 aromatic carbocycles. The maximum atomic E-state index is 15.8. The molecular weight excluding hydrogens is 511 g/mol. The monoisotopic (exact) mass is 536 g/mol. The number of hydrogen-bond donors (Lipinski definition) is 0. The summed E-state index contributed by atoms with van der Waals surface area (Å²) in [7, 11) is -3.55. The number of nitrogens with zero attached hydrogens (tertiary/aromatic N) is 4. The summed E-state index contributed by atoms with van der Waals surface area (Å²) in [5, 5.41) is 0.699. The van der Waals surface area contributed by atoms with Crippen molar-refractivity contribution in [2.24, 2.45) is 0 Å². The van der Waals surface area contributed by atoms with Gasteiger partial charge >= 0.3 is 7.44 Å². The molecule has 1 aliphatic rings. The highest BCUT2D eigenvalue weighted by atomic mass is 31.2. The molecule has 0 N–H and O–H groups in total. The van der Waals surface area contributed by atoms with Crippen LogP contribution in [0.3, 0.4) is 0 Å². The van der Waals surface area contributed by atoms with Gasteiger partial charge in [0.25, 0.3) is 0 Å². The third-order valence-corrected chi connectivity index (χ3v) is 9.91. The van der Waals surface area contributed by atoms with Gasteiger partial charge in [0.15, 0.2) is 0 Å². The number of rotatable bonds is 5. The van der Waals surface area contributed by atoms with E-state index in [1.54, 1.807) is 0 Å². The fraction of sp³-hybridized carbons (Fsp3) is 0. The first-order valence-corrected chi connectivity index (χ1v) is 14.8. The quantitative estimate of drug-likeness (QED) is 0.207. The molecule has 6 heteroatoms. The molecule has 192 valence electrons. The second-order valence-electron chi connectivity index (χ2n) is 9.50. The molecule has 0 aliphatic carbocycles. The molecule has 0 saturated carbocycles. The lowest BCUT2D eigenvalue weighted by molar-refractivity contribution is 0.582. The summed E-state index contributed by atoms with van der Waals surface area (Å²) in [6, 6.07) is 49.6. The average molecular weight is 537 g/mol. The number of para-hydroxylation sites is 3. The second-order valence-corrected chi connectivity index (χ2v) is 11.9. The van der Waals surface area contributed by atoms with Crippen molar-refractivity contribution < 1.29 is 4.57 Å². The van der Waals surface area contributed by atoms with Crippen molar-refractivity contribution >= 4 is 35.8 Å². The fourth-order valence-corrected chi connectivity index (χ4v) is 8.10. The van der Waals surface area contributed by atoms with Crippen LogP contribution in [0.4, 0.5) is 23.0 Å². The molecule has 0 spiro atoms. The van der Waals surface area contributed by atoms with Crippen molar-refractivity contribution in [1.82, 2.24) is 9.97 Å². The van der Waals surface area contributed by atoms with Crippen molar-refractivity contribution in [1.29, 1.82) is 0 Å². The Morgan fingerprint density at radius 1 is 0.475 bits per heavy atom. The Kier molecular flexibility index (Phi) is 5.99. The van der Waals surface area contributed by atoms with Crippen molar-refractivity contribution in [3.63, 3.8) is 0 Å². The number of anilines is 4. The summed E-state index contributed by atoms with van der Waals surface area (Å²) in [6.45, 7) is 0. The average Bonchev–Trinajstić information content (AvgIpc) is 3.31. The Balaban J connectivity index is 1.53. The maximum absolute atomic E-state index is 15.8. The van der Waals surface area contributed by atoms with E-state index in [0.29, 0.717) is 11.3 Å². The zero-order chi connectivity index (χ0) is 26.9. The fourth-order valence-electron chi connectivity index (χ4n) is 5.19. The van der Waals surface area contributed by atoms with Crippen LogP contribution in [0.15, 0.2) is 152 Å². The molecule has 2 heterocycles. The minimum absolute atomic E-state index is 0.387. The highest BCUT2D eigenvalue weighted by molar-refractivity contribution is 7.76. The zero-order valence-corrected chi connectivity index (χ0v) is 22.5. The molecule has 0 fully saturated rings. The zero-order valence-electron chi connectivity index (χ0n) is 21.6. The highest BCUT2D eigenvalue weighted by Crippen LogP contribution is 2.69. The minimum atomic E-state index is -3.55. The highest BCUT2D eigenvalue weighted by Gasteiger charge is 2.50. The van der Waals surface area contributed by atoms with Crippen LogP contribution >= 0.6 is 7.44 Å². The van der Waals surface area contributed by atoms with E-state index in [9.17, 15) is 0 Å². The Labute approximate surface area is 233 Å². The van der Waals surface area contributed by atoms with Crippen molar-refractivity contribution in [2.45, 2.75) is 0 Å². The molecule has 40 heavy (non-hydrogen) atoms. The van der Waals surface area contributed by atoms with Crippen LogP contribution in [0.25, 0.3) is 22.5 Å². The lowest BCUT2D eigenvalue weighted by Gasteiger charge is -2.32. The second kappa shape index (κ2) is 9.96. The normalized spacial score (nSPS) is 16.1. The molecule has 5 nitrogen and oxygen atoms in total. The van der Waals surface area contributed by atoms with E-state index < -0.39 is 7.44 Å². The number of benzene rings is 5. The van der Waals surface area contributed by atoms with Crippen LogP contribution in [-0.2, 0) is 4.57 Å². The third-order valence-electron chi connectivity index (χ3n) is 7.02. The van der Waals surface area contributed by atoms with Crippen LogP contribution in [0.1, 0.15) is 0 Å². The Morgan fingerprint density at radius 2 is 0.900 bits per heavy atom. The molecule has 0 bridgehead atoms. The van der Waals surface area contributed by atoms with Crippen LogP contribution in [0, 0.1) is 0 Å². The van der Waals surface area contributed by atoms with Gasteiger partial charge in [-0.1, -0.05) is 109 Å². The molecular formula is C34H25N4OP. The first-order chi connectivity index (χ1) is 19.7. The number of aromatic nitrogens is 2. The van der Waals surface area contributed by atoms with Crippen LogP contribution in [0.2, 0.25) is 0 Å². The van der Waals surface area contributed by atoms with E-state index >= 15 is 4.57 Å². The van der Waals surface area contributed by atoms with Gasteiger partial charge in [-0.05, 0) is 42.5 Å². The van der Waals surface area contributed by atoms with Gasteiger partial charge in [0, 0.05) is 16.8 Å². The minimum Gasteiger partial charge on any atom is -0.270 e. The van der Waals surface area contributed by atoms with Crippen LogP contribution < -0.4 is 14.6 Å². The standard InChI is InChI=1S/C34H25N4OP/c39-40(29-21-11-4-12-22-29)37(28-19-9-3-10-20-28)32-23-13-14-24-33(32)38(40)34-35-30(26-15-5-1-6-16-26)25-31(36-34)27-17-7-2-8-18-27/h1-25H. The van der Waals surface area contributed by atoms with Gasteiger partial charge < -0.3 is 0 Å². The van der Waals surface area contributed by atoms with Crippen molar-refractivity contribution in [3.8, 4) is 22.5 Å². The van der Waals surface area contributed by atoms with Gasteiger partial charge in [-0.2, -0.15) is 0 Å².